The van der Waals surface area contributed by atoms with E-state index in [1.165, 1.54) is 25.7 Å². The van der Waals surface area contributed by atoms with Crippen LogP contribution in [-0.2, 0) is 18.1 Å². The van der Waals surface area contributed by atoms with Gasteiger partial charge in [0, 0.05) is 0 Å². The first kappa shape index (κ1) is 19.1. The molecule has 4 nitrogen and oxygen atoms in total. The van der Waals surface area contributed by atoms with Gasteiger partial charge in [0.25, 0.3) is 0 Å². The molecule has 0 fully saturated rings. The number of rotatable bonds is 14. The topological polar surface area (TPSA) is 44.8 Å². The zero-order valence-corrected chi connectivity index (χ0v) is 13.8. The Morgan fingerprint density at radius 1 is 0.632 bits per heavy atom. The summed E-state index contributed by atoms with van der Waals surface area (Å²) >= 11 is 0. The Morgan fingerprint density at radius 3 is 1.63 bits per heavy atom. The van der Waals surface area contributed by atoms with Gasteiger partial charge in [-0.2, -0.15) is 0 Å². The van der Waals surface area contributed by atoms with E-state index >= 15 is 0 Å². The maximum atomic E-state index is 12.2. The first-order chi connectivity index (χ1) is 9.18. The molecule has 0 spiro atoms. The first-order valence-corrected chi connectivity index (χ1v) is 9.18. The summed E-state index contributed by atoms with van der Waals surface area (Å²) in [6.07, 6.45) is 8.67. The van der Waals surface area contributed by atoms with Gasteiger partial charge in [0.15, 0.2) is 0 Å². The second-order valence-corrected chi connectivity index (χ2v) is 6.38. The maximum absolute atomic E-state index is 12.2. The van der Waals surface area contributed by atoms with Gasteiger partial charge in [0.1, 0.15) is 0 Å². The summed E-state index contributed by atoms with van der Waals surface area (Å²) in [7, 11) is -3.31. The molecule has 0 bridgehead atoms. The SMILES string of the molecule is CCCCCCCCOP(=O)(OCCC)OCCC. The molecule has 5 heteroatoms. The Kier molecular flexibility index (Phi) is 13.2. The molecule has 0 radical (unpaired) electrons. The Hall–Kier alpha value is 0.110. The zero-order chi connectivity index (χ0) is 14.4. The number of phosphoric acid groups is 1. The third kappa shape index (κ3) is 11.6. The monoisotopic (exact) mass is 294 g/mol. The molecule has 0 saturated heterocycles. The lowest BCUT2D eigenvalue weighted by molar-refractivity contribution is 0.111. The fourth-order valence-electron chi connectivity index (χ4n) is 1.58. The summed E-state index contributed by atoms with van der Waals surface area (Å²) in [6.45, 7) is 7.43. The minimum atomic E-state index is -3.31. The van der Waals surface area contributed by atoms with E-state index in [4.69, 9.17) is 13.6 Å². The summed E-state index contributed by atoms with van der Waals surface area (Å²) in [5.74, 6) is 0. The highest BCUT2D eigenvalue weighted by molar-refractivity contribution is 7.48. The van der Waals surface area contributed by atoms with Crippen molar-refractivity contribution in [3.8, 4) is 0 Å². The van der Waals surface area contributed by atoms with Crippen LogP contribution in [0, 0.1) is 0 Å². The highest BCUT2D eigenvalue weighted by atomic mass is 31.2. The van der Waals surface area contributed by atoms with Gasteiger partial charge >= 0.3 is 7.82 Å². The van der Waals surface area contributed by atoms with Gasteiger partial charge in [0.2, 0.25) is 0 Å². The van der Waals surface area contributed by atoms with Crippen LogP contribution < -0.4 is 0 Å². The molecule has 0 aromatic heterocycles. The molecule has 0 saturated carbocycles. The predicted molar refractivity (Wildman–Crippen MR) is 79.4 cm³/mol. The fourth-order valence-corrected chi connectivity index (χ4v) is 2.97. The van der Waals surface area contributed by atoms with Crippen LogP contribution in [0.1, 0.15) is 72.1 Å². The molecule has 0 amide bonds. The molecule has 0 aromatic carbocycles. The molecule has 0 aliphatic rings. The van der Waals surface area contributed by atoms with Gasteiger partial charge in [-0.05, 0) is 19.3 Å². The molecular weight excluding hydrogens is 263 g/mol. The predicted octanol–water partition coefficient (Wildman–Crippen LogP) is 5.32. The van der Waals surface area contributed by atoms with Crippen molar-refractivity contribution in [2.24, 2.45) is 0 Å². The lowest BCUT2D eigenvalue weighted by atomic mass is 10.1. The smallest absolute Gasteiger partial charge is 0.287 e. The zero-order valence-electron chi connectivity index (χ0n) is 12.9. The lowest BCUT2D eigenvalue weighted by Gasteiger charge is -2.17. The fraction of sp³-hybridized carbons (Fsp3) is 1.00. The maximum Gasteiger partial charge on any atom is 0.474 e. The molecule has 0 aliphatic carbocycles. The quantitative estimate of drug-likeness (QED) is 0.321. The molecule has 0 atom stereocenters. The van der Waals surface area contributed by atoms with Crippen LogP contribution in [0.5, 0.6) is 0 Å². The van der Waals surface area contributed by atoms with Crippen molar-refractivity contribution >= 4 is 7.82 Å². The van der Waals surface area contributed by atoms with E-state index in [9.17, 15) is 4.57 Å². The van der Waals surface area contributed by atoms with Gasteiger partial charge in [-0.3, -0.25) is 13.6 Å². The molecule has 0 rings (SSSR count). The molecule has 0 unspecified atom stereocenters. The van der Waals surface area contributed by atoms with Gasteiger partial charge in [0.05, 0.1) is 19.8 Å². The van der Waals surface area contributed by atoms with Gasteiger partial charge in [-0.15, -0.1) is 0 Å². The molecule has 19 heavy (non-hydrogen) atoms. The Balaban J connectivity index is 3.76. The largest absolute Gasteiger partial charge is 0.474 e. The molecule has 116 valence electrons. The number of hydrogen-bond acceptors (Lipinski definition) is 4. The Morgan fingerprint density at radius 2 is 1.11 bits per heavy atom. The van der Waals surface area contributed by atoms with Crippen molar-refractivity contribution in [1.82, 2.24) is 0 Å². The molecular formula is C14H31O4P. The van der Waals surface area contributed by atoms with E-state index in [1.54, 1.807) is 0 Å². The second-order valence-electron chi connectivity index (χ2n) is 4.71. The number of hydrogen-bond donors (Lipinski definition) is 0. The van der Waals surface area contributed by atoms with Crippen molar-refractivity contribution in [3.05, 3.63) is 0 Å². The van der Waals surface area contributed by atoms with Crippen LogP contribution in [0.15, 0.2) is 0 Å². The van der Waals surface area contributed by atoms with E-state index in [2.05, 4.69) is 6.92 Å². The van der Waals surface area contributed by atoms with E-state index < -0.39 is 7.82 Å². The van der Waals surface area contributed by atoms with E-state index in [0.29, 0.717) is 19.8 Å². The summed E-state index contributed by atoms with van der Waals surface area (Å²) in [4.78, 5) is 0. The van der Waals surface area contributed by atoms with Crippen LogP contribution in [0.25, 0.3) is 0 Å². The third-order valence-corrected chi connectivity index (χ3v) is 4.15. The summed E-state index contributed by atoms with van der Waals surface area (Å²) in [5.41, 5.74) is 0. The van der Waals surface area contributed by atoms with Crippen LogP contribution in [-0.4, -0.2) is 19.8 Å². The molecule has 0 heterocycles. The lowest BCUT2D eigenvalue weighted by Crippen LogP contribution is -2.03. The van der Waals surface area contributed by atoms with Crippen LogP contribution in [0.3, 0.4) is 0 Å². The van der Waals surface area contributed by atoms with Crippen LogP contribution in [0.4, 0.5) is 0 Å². The molecule has 0 aliphatic heterocycles. The average molecular weight is 294 g/mol. The Bertz CT molecular complexity index is 221. The average Bonchev–Trinajstić information content (AvgIpc) is 2.42. The standard InChI is InChI=1S/C14H31O4P/c1-4-7-8-9-10-11-14-18-19(15,16-12-5-2)17-13-6-3/h4-14H2,1-3H3. The highest BCUT2D eigenvalue weighted by Crippen LogP contribution is 2.49. The normalized spacial score (nSPS) is 11.9. The van der Waals surface area contributed by atoms with Crippen LogP contribution in [0.2, 0.25) is 0 Å². The Labute approximate surface area is 118 Å². The minimum Gasteiger partial charge on any atom is -0.287 e. The van der Waals surface area contributed by atoms with E-state index in [0.717, 1.165) is 25.7 Å². The van der Waals surface area contributed by atoms with Crippen molar-refractivity contribution in [3.63, 3.8) is 0 Å². The highest BCUT2D eigenvalue weighted by Gasteiger charge is 2.25. The second kappa shape index (κ2) is 13.1. The first-order valence-electron chi connectivity index (χ1n) is 7.72. The van der Waals surface area contributed by atoms with Crippen LogP contribution >= 0.6 is 7.82 Å². The van der Waals surface area contributed by atoms with E-state index in [-0.39, 0.29) is 0 Å². The minimum absolute atomic E-state index is 0.414. The van der Waals surface area contributed by atoms with Crippen molar-refractivity contribution in [2.45, 2.75) is 72.1 Å². The van der Waals surface area contributed by atoms with Gasteiger partial charge < -0.3 is 0 Å². The summed E-state index contributed by atoms with van der Waals surface area (Å²) < 4.78 is 28.0. The van der Waals surface area contributed by atoms with Crippen molar-refractivity contribution in [1.29, 1.82) is 0 Å². The third-order valence-electron chi connectivity index (χ3n) is 2.65. The van der Waals surface area contributed by atoms with Crippen molar-refractivity contribution < 1.29 is 18.1 Å². The number of unbranched alkanes of at least 4 members (excludes halogenated alkanes) is 5. The van der Waals surface area contributed by atoms with Gasteiger partial charge in [-0.25, -0.2) is 4.57 Å². The molecule has 0 N–H and O–H groups in total. The van der Waals surface area contributed by atoms with Crippen molar-refractivity contribution in [2.75, 3.05) is 19.8 Å². The molecule has 0 aromatic rings. The summed E-state index contributed by atoms with van der Waals surface area (Å²) in [5, 5.41) is 0. The summed E-state index contributed by atoms with van der Waals surface area (Å²) in [6, 6.07) is 0. The van der Waals surface area contributed by atoms with E-state index in [1.807, 2.05) is 13.8 Å². The van der Waals surface area contributed by atoms with Gasteiger partial charge in [-0.1, -0.05) is 52.9 Å². The number of phosphoric ester groups is 1.